The summed E-state index contributed by atoms with van der Waals surface area (Å²) in [6, 6.07) is 3.78. The largest absolute Gasteiger partial charge is 0.452 e. The molecule has 1 saturated heterocycles. The highest BCUT2D eigenvalue weighted by Gasteiger charge is 2.29. The van der Waals surface area contributed by atoms with Crippen LogP contribution in [0, 0.1) is 5.82 Å². The highest BCUT2D eigenvalue weighted by molar-refractivity contribution is 8.02. The van der Waals surface area contributed by atoms with Gasteiger partial charge in [0.2, 0.25) is 0 Å². The zero-order chi connectivity index (χ0) is 18.6. The summed E-state index contributed by atoms with van der Waals surface area (Å²) >= 11 is 6.83. The minimum absolute atomic E-state index is 0.0485. The first-order valence-corrected chi connectivity index (χ1v) is 10.7. The van der Waals surface area contributed by atoms with Gasteiger partial charge in [-0.05, 0) is 31.5 Å². The third kappa shape index (κ3) is 6.16. The molecule has 1 N–H and O–H groups in total. The van der Waals surface area contributed by atoms with Crippen molar-refractivity contribution >= 4 is 50.8 Å². The average Bonchev–Trinajstić information content (AvgIpc) is 2.87. The fourth-order valence-electron chi connectivity index (χ4n) is 2.19. The van der Waals surface area contributed by atoms with Gasteiger partial charge in [0.05, 0.1) is 22.9 Å². The summed E-state index contributed by atoms with van der Waals surface area (Å²) in [5, 5.41) is 2.38. The maximum Gasteiger partial charge on any atom is 0.316 e. The summed E-state index contributed by atoms with van der Waals surface area (Å²) in [5.74, 6) is -1.87. The van der Waals surface area contributed by atoms with Crippen LogP contribution in [-0.4, -0.2) is 48.9 Å². The molecule has 0 aromatic heterocycles. The number of amides is 1. The summed E-state index contributed by atoms with van der Waals surface area (Å²) in [5.41, 5.74) is -0.0668. The van der Waals surface area contributed by atoms with Gasteiger partial charge >= 0.3 is 5.97 Å². The molecule has 138 valence electrons. The molecule has 25 heavy (non-hydrogen) atoms. The zero-order valence-corrected chi connectivity index (χ0v) is 15.7. The number of benzene rings is 1. The summed E-state index contributed by atoms with van der Waals surface area (Å²) in [6.45, 7) is 1.37. The molecule has 0 aliphatic carbocycles. The molecular weight excluding hydrogens is 393 g/mol. The SMILES string of the molecule is C[C@H](OC(=O)CS[C@@H]1CCS(=O)(=O)C1)C(=O)Nc1ccc(Cl)cc1F. The van der Waals surface area contributed by atoms with Gasteiger partial charge in [-0.1, -0.05) is 11.6 Å². The second-order valence-corrected chi connectivity index (χ2v) is 9.54. The number of rotatable bonds is 6. The van der Waals surface area contributed by atoms with Crippen molar-refractivity contribution < 1.29 is 27.1 Å². The first kappa shape index (κ1) is 20.0. The monoisotopic (exact) mass is 409 g/mol. The van der Waals surface area contributed by atoms with E-state index in [1.165, 1.54) is 30.8 Å². The van der Waals surface area contributed by atoms with Crippen molar-refractivity contribution in [1.29, 1.82) is 0 Å². The van der Waals surface area contributed by atoms with Crippen LogP contribution in [0.25, 0.3) is 0 Å². The number of ether oxygens (including phenoxy) is 1. The normalized spacial score (nSPS) is 20.0. The Balaban J connectivity index is 1.79. The van der Waals surface area contributed by atoms with Crippen LogP contribution in [0.3, 0.4) is 0 Å². The van der Waals surface area contributed by atoms with Crippen molar-refractivity contribution in [3.8, 4) is 0 Å². The maximum absolute atomic E-state index is 13.6. The minimum atomic E-state index is -3.00. The number of sulfone groups is 1. The van der Waals surface area contributed by atoms with Gasteiger partial charge in [0.15, 0.2) is 15.9 Å². The Kier molecular flexibility index (Phi) is 6.70. The molecule has 1 heterocycles. The van der Waals surface area contributed by atoms with Gasteiger partial charge in [0, 0.05) is 10.3 Å². The van der Waals surface area contributed by atoms with Gasteiger partial charge in [-0.3, -0.25) is 9.59 Å². The molecule has 0 spiro atoms. The predicted octanol–water partition coefficient (Wildman–Crippen LogP) is 2.27. The Hall–Kier alpha value is -1.32. The van der Waals surface area contributed by atoms with Gasteiger partial charge in [-0.2, -0.15) is 0 Å². The second kappa shape index (κ2) is 8.37. The van der Waals surface area contributed by atoms with Crippen molar-refractivity contribution in [2.45, 2.75) is 24.7 Å². The molecule has 1 aliphatic rings. The van der Waals surface area contributed by atoms with Crippen LogP contribution in [0.15, 0.2) is 18.2 Å². The fraction of sp³-hybridized carbons (Fsp3) is 0.467. The Labute approximate surface area is 154 Å². The van der Waals surface area contributed by atoms with Crippen LogP contribution in [0.2, 0.25) is 5.02 Å². The van der Waals surface area contributed by atoms with E-state index in [0.717, 1.165) is 6.07 Å². The molecule has 1 fully saturated rings. The zero-order valence-electron chi connectivity index (χ0n) is 13.3. The number of thioether (sulfide) groups is 1. The molecule has 0 unspecified atom stereocenters. The highest BCUT2D eigenvalue weighted by atomic mass is 35.5. The lowest BCUT2D eigenvalue weighted by molar-refractivity contribution is -0.150. The first-order valence-electron chi connectivity index (χ1n) is 7.44. The molecule has 2 atom stereocenters. The van der Waals surface area contributed by atoms with E-state index < -0.39 is 33.6 Å². The molecule has 1 aliphatic heterocycles. The van der Waals surface area contributed by atoms with Crippen LogP contribution in [0.4, 0.5) is 10.1 Å². The number of hydrogen-bond donors (Lipinski definition) is 1. The van der Waals surface area contributed by atoms with Gasteiger partial charge in [0.25, 0.3) is 5.91 Å². The van der Waals surface area contributed by atoms with Gasteiger partial charge in [0.1, 0.15) is 5.82 Å². The van der Waals surface area contributed by atoms with E-state index in [2.05, 4.69) is 5.32 Å². The topological polar surface area (TPSA) is 89.5 Å². The Morgan fingerprint density at radius 2 is 2.20 bits per heavy atom. The fourth-order valence-corrected chi connectivity index (χ4v) is 5.77. The van der Waals surface area contributed by atoms with Gasteiger partial charge in [-0.15, -0.1) is 11.8 Å². The highest BCUT2D eigenvalue weighted by Crippen LogP contribution is 2.24. The molecule has 10 heteroatoms. The average molecular weight is 410 g/mol. The van der Waals surface area contributed by atoms with Crippen molar-refractivity contribution in [2.75, 3.05) is 22.6 Å². The van der Waals surface area contributed by atoms with Crippen molar-refractivity contribution in [3.05, 3.63) is 29.0 Å². The van der Waals surface area contributed by atoms with E-state index in [-0.39, 0.29) is 33.2 Å². The number of halogens is 2. The molecular formula is C15H17ClFNO5S2. The quantitative estimate of drug-likeness (QED) is 0.725. The van der Waals surface area contributed by atoms with E-state index in [9.17, 15) is 22.4 Å². The second-order valence-electron chi connectivity index (χ2n) is 5.58. The van der Waals surface area contributed by atoms with Gasteiger partial charge in [-0.25, -0.2) is 12.8 Å². The minimum Gasteiger partial charge on any atom is -0.452 e. The maximum atomic E-state index is 13.6. The molecule has 1 aromatic carbocycles. The summed E-state index contributed by atoms with van der Waals surface area (Å²) in [4.78, 5) is 23.7. The van der Waals surface area contributed by atoms with E-state index in [4.69, 9.17) is 16.3 Å². The number of esters is 1. The first-order chi connectivity index (χ1) is 11.7. The summed E-state index contributed by atoms with van der Waals surface area (Å²) in [6.07, 6.45) is -0.609. The standard InChI is InChI=1S/C15H17ClFNO5S2/c1-9(15(20)18-13-3-2-10(16)6-12(13)17)23-14(19)7-24-11-4-5-25(21,22)8-11/h2-3,6,9,11H,4-5,7-8H2,1H3,(H,18,20)/t9-,11+/m0/s1. The van der Waals surface area contributed by atoms with Crippen molar-refractivity contribution in [1.82, 2.24) is 0 Å². The molecule has 1 aromatic rings. The number of nitrogens with one attached hydrogen (secondary N) is 1. The number of hydrogen-bond acceptors (Lipinski definition) is 6. The summed E-state index contributed by atoms with van der Waals surface area (Å²) in [7, 11) is -3.00. The van der Waals surface area contributed by atoms with E-state index in [1.807, 2.05) is 0 Å². The lowest BCUT2D eigenvalue weighted by atomic mass is 10.3. The molecule has 0 bridgehead atoms. The Morgan fingerprint density at radius 1 is 1.48 bits per heavy atom. The molecule has 0 radical (unpaired) electrons. The van der Waals surface area contributed by atoms with Crippen LogP contribution in [0.1, 0.15) is 13.3 Å². The van der Waals surface area contributed by atoms with Crippen molar-refractivity contribution in [3.63, 3.8) is 0 Å². The Morgan fingerprint density at radius 3 is 2.80 bits per heavy atom. The lowest BCUT2D eigenvalue weighted by Gasteiger charge is -2.14. The number of carbonyl (C=O) groups excluding carboxylic acids is 2. The third-order valence-electron chi connectivity index (χ3n) is 3.49. The van der Waals surface area contributed by atoms with Crippen LogP contribution in [-0.2, 0) is 24.2 Å². The van der Waals surface area contributed by atoms with Crippen LogP contribution in [0.5, 0.6) is 0 Å². The van der Waals surface area contributed by atoms with Crippen LogP contribution >= 0.6 is 23.4 Å². The summed E-state index contributed by atoms with van der Waals surface area (Å²) < 4.78 is 41.3. The number of anilines is 1. The molecule has 2 rings (SSSR count). The number of carbonyl (C=O) groups is 2. The van der Waals surface area contributed by atoms with Crippen molar-refractivity contribution in [2.24, 2.45) is 0 Å². The smallest absolute Gasteiger partial charge is 0.316 e. The van der Waals surface area contributed by atoms with E-state index in [0.29, 0.717) is 6.42 Å². The molecule has 6 nitrogen and oxygen atoms in total. The van der Waals surface area contributed by atoms with E-state index in [1.54, 1.807) is 0 Å². The van der Waals surface area contributed by atoms with Crippen LogP contribution < -0.4 is 5.32 Å². The van der Waals surface area contributed by atoms with Gasteiger partial charge < -0.3 is 10.1 Å². The van der Waals surface area contributed by atoms with E-state index >= 15 is 0 Å². The third-order valence-corrected chi connectivity index (χ3v) is 6.98. The molecule has 0 saturated carbocycles. The molecule has 1 amide bonds. The predicted molar refractivity (Wildman–Crippen MR) is 95.1 cm³/mol. The Bertz CT molecular complexity index is 771. The lowest BCUT2D eigenvalue weighted by Crippen LogP contribution is -2.31.